The summed E-state index contributed by atoms with van der Waals surface area (Å²) in [6, 6.07) is 10.6. The molecule has 0 bridgehead atoms. The van der Waals surface area contributed by atoms with E-state index in [0.717, 1.165) is 72.9 Å². The van der Waals surface area contributed by atoms with Crippen molar-refractivity contribution in [1.29, 1.82) is 0 Å². The van der Waals surface area contributed by atoms with Crippen molar-refractivity contribution < 1.29 is 9.13 Å². The third-order valence-corrected chi connectivity index (χ3v) is 5.38. The van der Waals surface area contributed by atoms with E-state index >= 15 is 0 Å². The minimum absolute atomic E-state index is 0.245. The van der Waals surface area contributed by atoms with Gasteiger partial charge in [0.05, 0.1) is 7.11 Å². The fraction of sp³-hybridized carbons (Fsp3) is 0.423. The summed E-state index contributed by atoms with van der Waals surface area (Å²) in [5, 5.41) is 3.37. The second-order valence-corrected chi connectivity index (χ2v) is 7.42. The number of nitrogens with zero attached hydrogens (tertiary/aromatic N) is 2. The van der Waals surface area contributed by atoms with E-state index in [4.69, 9.17) is 9.73 Å². The molecule has 0 aliphatic carbocycles. The van der Waals surface area contributed by atoms with E-state index in [0.29, 0.717) is 0 Å². The van der Waals surface area contributed by atoms with Gasteiger partial charge in [0.25, 0.3) is 0 Å². The van der Waals surface area contributed by atoms with Gasteiger partial charge in [-0.3, -0.25) is 4.99 Å². The Bertz CT molecular complexity index is 871. The number of methoxy groups -OCH3 is 1. The monoisotopic (exact) mass is 425 g/mol. The molecule has 0 radical (unpaired) electrons. The van der Waals surface area contributed by atoms with Crippen molar-refractivity contribution >= 4 is 5.84 Å². The van der Waals surface area contributed by atoms with Crippen LogP contribution in [0, 0.1) is 12.7 Å². The molecular weight excluding hydrogens is 389 g/mol. The van der Waals surface area contributed by atoms with Crippen LogP contribution in [0.2, 0.25) is 0 Å². The highest BCUT2D eigenvalue weighted by molar-refractivity contribution is 6.02. The first-order valence-electron chi connectivity index (χ1n) is 11.2. The summed E-state index contributed by atoms with van der Waals surface area (Å²) in [5.74, 6) is 1.36. The molecule has 2 aromatic carbocycles. The topological polar surface area (TPSA) is 36.9 Å². The van der Waals surface area contributed by atoms with E-state index < -0.39 is 0 Å². The molecule has 0 aliphatic heterocycles. The maximum atomic E-state index is 13.4. The Balaban J connectivity index is 2.40. The van der Waals surface area contributed by atoms with E-state index in [9.17, 15) is 4.39 Å². The quantitative estimate of drug-likeness (QED) is 0.281. The number of hydrogen-bond acceptors (Lipinski definition) is 3. The lowest BCUT2D eigenvalue weighted by Crippen LogP contribution is -2.25. The molecule has 0 fully saturated rings. The highest BCUT2D eigenvalue weighted by atomic mass is 19.1. The zero-order valence-corrected chi connectivity index (χ0v) is 19.5. The number of hydrogen-bond donors (Lipinski definition) is 1. The van der Waals surface area contributed by atoms with Gasteiger partial charge in [0.1, 0.15) is 17.4 Å². The average Bonchev–Trinajstić information content (AvgIpc) is 2.79. The lowest BCUT2D eigenvalue weighted by molar-refractivity contribution is 0.302. The molecular formula is C26H36FN3O. The van der Waals surface area contributed by atoms with Gasteiger partial charge in [0.2, 0.25) is 0 Å². The molecule has 0 aliphatic rings. The molecule has 0 saturated carbocycles. The first kappa shape index (κ1) is 24.6. The smallest absolute Gasteiger partial charge is 0.132 e. The van der Waals surface area contributed by atoms with Gasteiger partial charge in [0.15, 0.2) is 0 Å². The van der Waals surface area contributed by atoms with Crippen LogP contribution in [0.3, 0.4) is 0 Å². The second-order valence-electron chi connectivity index (χ2n) is 7.42. The molecule has 0 unspecified atom stereocenters. The summed E-state index contributed by atoms with van der Waals surface area (Å²) in [7, 11) is 1.67. The first-order chi connectivity index (χ1) is 15.0. The number of halogens is 1. The Kier molecular flexibility index (Phi) is 10.2. The van der Waals surface area contributed by atoms with Gasteiger partial charge in [-0.15, -0.1) is 0 Å². The second kappa shape index (κ2) is 12.9. The molecule has 0 atom stereocenters. The van der Waals surface area contributed by atoms with Crippen molar-refractivity contribution in [2.45, 2.75) is 40.5 Å². The van der Waals surface area contributed by atoms with E-state index in [1.807, 2.05) is 19.2 Å². The Labute approximate surface area is 186 Å². The molecule has 2 rings (SSSR count). The first-order valence-corrected chi connectivity index (χ1v) is 11.2. The van der Waals surface area contributed by atoms with Crippen molar-refractivity contribution in [1.82, 2.24) is 10.2 Å². The summed E-state index contributed by atoms with van der Waals surface area (Å²) in [6.07, 6.45) is 5.96. The standard InChI is InChI=1S/C26H36FN3O/c1-6-9-15-28-26(29-16-10-17-30(7-2)8-3)24-18-22(19-25(31-5)20(24)4)21-11-13-23(27)14-12-21/h9,11-15,18-19H,6-8,10,16-17H2,1-5H3,(H,28,29)/b15-9+. The Hall–Kier alpha value is -2.66. The van der Waals surface area contributed by atoms with Gasteiger partial charge < -0.3 is 15.0 Å². The minimum Gasteiger partial charge on any atom is -0.496 e. The number of allylic oxidation sites excluding steroid dienone is 1. The number of benzene rings is 2. The van der Waals surface area contributed by atoms with Crippen LogP contribution >= 0.6 is 0 Å². The molecule has 168 valence electrons. The summed E-state index contributed by atoms with van der Waals surface area (Å²) in [6.45, 7) is 12.4. The summed E-state index contributed by atoms with van der Waals surface area (Å²) in [4.78, 5) is 7.31. The molecule has 2 aromatic rings. The fourth-order valence-electron chi connectivity index (χ4n) is 3.44. The number of aliphatic imine (C=N–C) groups is 1. The largest absolute Gasteiger partial charge is 0.496 e. The normalized spacial score (nSPS) is 12.0. The van der Waals surface area contributed by atoms with Crippen LogP contribution in [0.5, 0.6) is 5.75 Å². The SMILES string of the molecule is CC/C=C/NC(=NCCCN(CC)CC)c1cc(-c2ccc(F)cc2)cc(OC)c1C. The van der Waals surface area contributed by atoms with Crippen LogP contribution in [0.1, 0.15) is 44.7 Å². The Morgan fingerprint density at radius 1 is 1.10 bits per heavy atom. The van der Waals surface area contributed by atoms with E-state index in [1.54, 1.807) is 19.2 Å². The van der Waals surface area contributed by atoms with Gasteiger partial charge >= 0.3 is 0 Å². The van der Waals surface area contributed by atoms with Crippen LogP contribution in [0.4, 0.5) is 4.39 Å². The maximum absolute atomic E-state index is 13.4. The highest BCUT2D eigenvalue weighted by Gasteiger charge is 2.14. The number of nitrogens with one attached hydrogen (secondary N) is 1. The maximum Gasteiger partial charge on any atom is 0.132 e. The molecule has 0 amide bonds. The number of rotatable bonds is 11. The minimum atomic E-state index is -0.245. The predicted octanol–water partition coefficient (Wildman–Crippen LogP) is 5.80. The van der Waals surface area contributed by atoms with E-state index in [-0.39, 0.29) is 5.82 Å². The predicted molar refractivity (Wildman–Crippen MR) is 130 cm³/mol. The van der Waals surface area contributed by atoms with Crippen LogP contribution in [0.25, 0.3) is 11.1 Å². The zero-order chi connectivity index (χ0) is 22.6. The van der Waals surface area contributed by atoms with Crippen molar-refractivity contribution in [2.75, 3.05) is 33.3 Å². The van der Waals surface area contributed by atoms with Crippen LogP contribution in [0.15, 0.2) is 53.7 Å². The molecule has 0 spiro atoms. The van der Waals surface area contributed by atoms with Gasteiger partial charge in [-0.1, -0.05) is 39.0 Å². The van der Waals surface area contributed by atoms with Crippen molar-refractivity contribution in [2.24, 2.45) is 4.99 Å². The average molecular weight is 426 g/mol. The van der Waals surface area contributed by atoms with Gasteiger partial charge in [-0.25, -0.2) is 4.39 Å². The zero-order valence-electron chi connectivity index (χ0n) is 19.5. The number of ether oxygens (including phenoxy) is 1. The summed E-state index contributed by atoms with van der Waals surface area (Å²) >= 11 is 0. The third-order valence-electron chi connectivity index (χ3n) is 5.38. The molecule has 0 aromatic heterocycles. The molecule has 0 saturated heterocycles. The number of amidine groups is 1. The highest BCUT2D eigenvalue weighted by Crippen LogP contribution is 2.30. The van der Waals surface area contributed by atoms with Crippen molar-refractivity contribution in [3.8, 4) is 16.9 Å². The Morgan fingerprint density at radius 3 is 2.42 bits per heavy atom. The molecule has 1 N–H and O–H groups in total. The van der Waals surface area contributed by atoms with E-state index in [2.05, 4.69) is 43.1 Å². The van der Waals surface area contributed by atoms with Crippen molar-refractivity contribution in [3.63, 3.8) is 0 Å². The Morgan fingerprint density at radius 2 is 1.81 bits per heavy atom. The van der Waals surface area contributed by atoms with Gasteiger partial charge in [-0.05, 0) is 81.0 Å². The van der Waals surface area contributed by atoms with E-state index in [1.165, 1.54) is 12.1 Å². The summed E-state index contributed by atoms with van der Waals surface area (Å²) in [5.41, 5.74) is 3.91. The van der Waals surface area contributed by atoms with Gasteiger partial charge in [-0.2, -0.15) is 0 Å². The lowest BCUT2D eigenvalue weighted by atomic mass is 9.98. The molecule has 4 nitrogen and oxygen atoms in total. The van der Waals surface area contributed by atoms with Crippen molar-refractivity contribution in [3.05, 3.63) is 65.6 Å². The molecule has 5 heteroatoms. The van der Waals surface area contributed by atoms with Crippen LogP contribution in [-0.4, -0.2) is 44.0 Å². The lowest BCUT2D eigenvalue weighted by Gasteiger charge is -2.18. The third kappa shape index (κ3) is 7.21. The summed E-state index contributed by atoms with van der Waals surface area (Å²) < 4.78 is 19.1. The van der Waals surface area contributed by atoms with Gasteiger partial charge in [0, 0.05) is 17.7 Å². The van der Waals surface area contributed by atoms with Crippen LogP contribution < -0.4 is 10.1 Å². The molecule has 0 heterocycles. The van der Waals surface area contributed by atoms with Crippen LogP contribution in [-0.2, 0) is 0 Å². The fourth-order valence-corrected chi connectivity index (χ4v) is 3.44. The molecule has 31 heavy (non-hydrogen) atoms.